The van der Waals surface area contributed by atoms with Gasteiger partial charge in [0.1, 0.15) is 0 Å². The van der Waals surface area contributed by atoms with E-state index in [2.05, 4.69) is 20.8 Å². The molecule has 0 atom stereocenters. The Morgan fingerprint density at radius 1 is 1.22 bits per heavy atom. The molecule has 0 spiro atoms. The fourth-order valence-electron chi connectivity index (χ4n) is 2.90. The van der Waals surface area contributed by atoms with Crippen LogP contribution in [-0.4, -0.2) is 30.4 Å². The Labute approximate surface area is 112 Å². The number of rotatable bonds is 6. The largest absolute Gasteiger partial charge is 0.343 e. The van der Waals surface area contributed by atoms with Crippen LogP contribution >= 0.6 is 0 Å². The lowest BCUT2D eigenvalue weighted by Gasteiger charge is -2.30. The van der Waals surface area contributed by atoms with Crippen LogP contribution in [0.3, 0.4) is 0 Å². The minimum Gasteiger partial charge on any atom is -0.343 e. The van der Waals surface area contributed by atoms with Crippen molar-refractivity contribution in [2.75, 3.05) is 19.6 Å². The first kappa shape index (κ1) is 15.5. The summed E-state index contributed by atoms with van der Waals surface area (Å²) in [5.74, 6) is 2.21. The SMILES string of the molecule is CCN(CC(C)C)C(=O)CC1CCC(CN)CC1. The zero-order valence-electron chi connectivity index (χ0n) is 12.3. The molecule has 0 heterocycles. The van der Waals surface area contributed by atoms with E-state index in [1.54, 1.807) is 0 Å². The molecule has 0 radical (unpaired) electrons. The van der Waals surface area contributed by atoms with Gasteiger partial charge in [-0.1, -0.05) is 13.8 Å². The Hall–Kier alpha value is -0.570. The Bertz CT molecular complexity index is 245. The van der Waals surface area contributed by atoms with Gasteiger partial charge in [-0.05, 0) is 56.9 Å². The molecule has 1 fully saturated rings. The highest BCUT2D eigenvalue weighted by Gasteiger charge is 2.24. The van der Waals surface area contributed by atoms with Crippen molar-refractivity contribution in [2.24, 2.45) is 23.5 Å². The molecule has 1 aliphatic carbocycles. The summed E-state index contributed by atoms with van der Waals surface area (Å²) < 4.78 is 0. The summed E-state index contributed by atoms with van der Waals surface area (Å²) in [7, 11) is 0. The monoisotopic (exact) mass is 254 g/mol. The van der Waals surface area contributed by atoms with Crippen LogP contribution in [0.15, 0.2) is 0 Å². The van der Waals surface area contributed by atoms with E-state index in [0.717, 1.165) is 26.1 Å². The summed E-state index contributed by atoms with van der Waals surface area (Å²) in [6.07, 6.45) is 5.55. The third-order valence-electron chi connectivity index (χ3n) is 4.08. The summed E-state index contributed by atoms with van der Waals surface area (Å²) in [6.45, 7) is 8.97. The van der Waals surface area contributed by atoms with Crippen LogP contribution < -0.4 is 5.73 Å². The molecule has 106 valence electrons. The van der Waals surface area contributed by atoms with E-state index in [1.807, 2.05) is 4.90 Å². The summed E-state index contributed by atoms with van der Waals surface area (Å²) in [4.78, 5) is 14.2. The first-order valence-corrected chi connectivity index (χ1v) is 7.54. The van der Waals surface area contributed by atoms with Gasteiger partial charge < -0.3 is 10.6 Å². The van der Waals surface area contributed by atoms with Gasteiger partial charge in [0.05, 0.1) is 0 Å². The fourth-order valence-corrected chi connectivity index (χ4v) is 2.90. The molecule has 0 saturated heterocycles. The second-order valence-corrected chi connectivity index (χ2v) is 6.15. The van der Waals surface area contributed by atoms with Gasteiger partial charge in [0, 0.05) is 19.5 Å². The third-order valence-corrected chi connectivity index (χ3v) is 4.08. The first-order chi connectivity index (χ1) is 8.56. The highest BCUT2D eigenvalue weighted by atomic mass is 16.2. The second-order valence-electron chi connectivity index (χ2n) is 6.15. The number of hydrogen-bond acceptors (Lipinski definition) is 2. The standard InChI is InChI=1S/C15H30N2O/c1-4-17(11-12(2)3)15(18)9-13-5-7-14(10-16)8-6-13/h12-14H,4-11,16H2,1-3H3. The maximum atomic E-state index is 12.2. The van der Waals surface area contributed by atoms with Crippen LogP contribution in [0.1, 0.15) is 52.9 Å². The summed E-state index contributed by atoms with van der Waals surface area (Å²) in [5, 5.41) is 0. The Morgan fingerprint density at radius 3 is 2.22 bits per heavy atom. The maximum Gasteiger partial charge on any atom is 0.222 e. The Kier molecular flexibility index (Phi) is 6.69. The van der Waals surface area contributed by atoms with Gasteiger partial charge in [0.2, 0.25) is 5.91 Å². The molecule has 3 heteroatoms. The Morgan fingerprint density at radius 2 is 1.78 bits per heavy atom. The molecule has 0 bridgehead atoms. The quantitative estimate of drug-likeness (QED) is 0.792. The lowest BCUT2D eigenvalue weighted by molar-refractivity contribution is -0.132. The van der Waals surface area contributed by atoms with Gasteiger partial charge in [0.25, 0.3) is 0 Å². The fraction of sp³-hybridized carbons (Fsp3) is 0.933. The van der Waals surface area contributed by atoms with Gasteiger partial charge in [0.15, 0.2) is 0 Å². The van der Waals surface area contributed by atoms with Crippen LogP contribution in [0.4, 0.5) is 0 Å². The van der Waals surface area contributed by atoms with Gasteiger partial charge in [-0.25, -0.2) is 0 Å². The van der Waals surface area contributed by atoms with Gasteiger partial charge >= 0.3 is 0 Å². The van der Waals surface area contributed by atoms with Crippen molar-refractivity contribution in [3.8, 4) is 0 Å². The molecule has 18 heavy (non-hydrogen) atoms. The third kappa shape index (κ3) is 4.97. The van der Waals surface area contributed by atoms with Crippen molar-refractivity contribution in [2.45, 2.75) is 52.9 Å². The minimum atomic E-state index is 0.349. The van der Waals surface area contributed by atoms with E-state index in [-0.39, 0.29) is 0 Å². The molecular formula is C15H30N2O. The summed E-state index contributed by atoms with van der Waals surface area (Å²) in [6, 6.07) is 0. The van der Waals surface area contributed by atoms with E-state index in [9.17, 15) is 4.79 Å². The predicted octanol–water partition coefficient (Wildman–Crippen LogP) is 2.65. The molecule has 3 nitrogen and oxygen atoms in total. The first-order valence-electron chi connectivity index (χ1n) is 7.54. The Balaban J connectivity index is 2.35. The number of nitrogens with zero attached hydrogens (tertiary/aromatic N) is 1. The van der Waals surface area contributed by atoms with Crippen molar-refractivity contribution < 1.29 is 4.79 Å². The van der Waals surface area contributed by atoms with Crippen LogP contribution in [-0.2, 0) is 4.79 Å². The van der Waals surface area contributed by atoms with E-state index in [1.165, 1.54) is 25.7 Å². The molecule has 1 saturated carbocycles. The number of carbonyl (C=O) groups excluding carboxylic acids is 1. The lowest BCUT2D eigenvalue weighted by Crippen LogP contribution is -2.35. The summed E-state index contributed by atoms with van der Waals surface area (Å²) in [5.41, 5.74) is 5.70. The summed E-state index contributed by atoms with van der Waals surface area (Å²) >= 11 is 0. The molecule has 1 rings (SSSR count). The van der Waals surface area contributed by atoms with E-state index in [0.29, 0.717) is 23.7 Å². The van der Waals surface area contributed by atoms with Crippen molar-refractivity contribution in [1.82, 2.24) is 4.90 Å². The zero-order valence-corrected chi connectivity index (χ0v) is 12.3. The molecule has 0 aromatic carbocycles. The van der Waals surface area contributed by atoms with E-state index >= 15 is 0 Å². The minimum absolute atomic E-state index is 0.349. The molecule has 1 amide bonds. The van der Waals surface area contributed by atoms with E-state index in [4.69, 9.17) is 5.73 Å². The lowest BCUT2D eigenvalue weighted by atomic mass is 9.80. The molecule has 0 aromatic heterocycles. The van der Waals surface area contributed by atoms with Gasteiger partial charge in [-0.3, -0.25) is 4.79 Å². The van der Waals surface area contributed by atoms with Crippen LogP contribution in [0.2, 0.25) is 0 Å². The highest BCUT2D eigenvalue weighted by molar-refractivity contribution is 5.76. The number of hydrogen-bond donors (Lipinski definition) is 1. The van der Waals surface area contributed by atoms with E-state index < -0.39 is 0 Å². The van der Waals surface area contributed by atoms with Gasteiger partial charge in [-0.2, -0.15) is 0 Å². The van der Waals surface area contributed by atoms with Crippen molar-refractivity contribution in [1.29, 1.82) is 0 Å². The average molecular weight is 254 g/mol. The van der Waals surface area contributed by atoms with Crippen molar-refractivity contribution >= 4 is 5.91 Å². The maximum absolute atomic E-state index is 12.2. The topological polar surface area (TPSA) is 46.3 Å². The molecular weight excluding hydrogens is 224 g/mol. The number of amides is 1. The zero-order chi connectivity index (χ0) is 13.5. The normalized spacial score (nSPS) is 24.3. The van der Waals surface area contributed by atoms with Gasteiger partial charge in [-0.15, -0.1) is 0 Å². The van der Waals surface area contributed by atoms with Crippen LogP contribution in [0.5, 0.6) is 0 Å². The predicted molar refractivity (Wildman–Crippen MR) is 76.2 cm³/mol. The smallest absolute Gasteiger partial charge is 0.222 e. The molecule has 0 aliphatic heterocycles. The van der Waals surface area contributed by atoms with Crippen LogP contribution in [0, 0.1) is 17.8 Å². The molecule has 0 unspecified atom stereocenters. The molecule has 1 aliphatic rings. The highest BCUT2D eigenvalue weighted by Crippen LogP contribution is 2.30. The second kappa shape index (κ2) is 7.78. The number of nitrogens with two attached hydrogens (primary N) is 1. The van der Waals surface area contributed by atoms with Crippen LogP contribution in [0.25, 0.3) is 0 Å². The number of carbonyl (C=O) groups is 1. The van der Waals surface area contributed by atoms with Crippen molar-refractivity contribution in [3.05, 3.63) is 0 Å². The van der Waals surface area contributed by atoms with Crippen molar-refractivity contribution in [3.63, 3.8) is 0 Å². The average Bonchev–Trinajstić information content (AvgIpc) is 2.36. The molecule has 2 N–H and O–H groups in total. The molecule has 0 aromatic rings.